The molecule has 3 aromatic rings. The van der Waals surface area contributed by atoms with Crippen molar-refractivity contribution in [2.24, 2.45) is 0 Å². The predicted octanol–water partition coefficient (Wildman–Crippen LogP) is 5.04. The molecule has 2 heterocycles. The smallest absolute Gasteiger partial charge is 0.256 e. The summed E-state index contributed by atoms with van der Waals surface area (Å²) in [5.41, 5.74) is 2.45. The number of benzene rings is 2. The Morgan fingerprint density at radius 1 is 1.11 bits per heavy atom. The molecule has 0 fully saturated rings. The van der Waals surface area contributed by atoms with Gasteiger partial charge in [-0.1, -0.05) is 37.6 Å². The summed E-state index contributed by atoms with van der Waals surface area (Å²) in [7, 11) is 0. The highest BCUT2D eigenvalue weighted by Gasteiger charge is 2.17. The number of carbonyl (C=O) groups is 1. The molecule has 0 aliphatic carbocycles. The summed E-state index contributed by atoms with van der Waals surface area (Å²) in [6, 6.07) is 15.6. The number of thioether (sulfide) groups is 1. The average molecular weight is 393 g/mol. The van der Waals surface area contributed by atoms with Crippen LogP contribution in [0.4, 0.5) is 5.69 Å². The van der Waals surface area contributed by atoms with Crippen LogP contribution in [-0.2, 0) is 13.0 Å². The number of anilines is 1. The molecule has 4 rings (SSSR count). The Labute approximate surface area is 169 Å². The van der Waals surface area contributed by atoms with Crippen molar-refractivity contribution in [2.45, 2.75) is 44.0 Å². The highest BCUT2D eigenvalue weighted by molar-refractivity contribution is 7.99. The summed E-state index contributed by atoms with van der Waals surface area (Å²) in [4.78, 5) is 13.8. The maximum absolute atomic E-state index is 12.8. The van der Waals surface area contributed by atoms with Crippen LogP contribution in [0.5, 0.6) is 0 Å². The fourth-order valence-corrected chi connectivity index (χ4v) is 4.37. The van der Waals surface area contributed by atoms with E-state index in [4.69, 9.17) is 0 Å². The lowest BCUT2D eigenvalue weighted by atomic mass is 10.1. The third-order valence-electron chi connectivity index (χ3n) is 4.92. The second-order valence-electron chi connectivity index (χ2n) is 6.87. The van der Waals surface area contributed by atoms with Gasteiger partial charge in [-0.3, -0.25) is 4.79 Å². The van der Waals surface area contributed by atoms with Crippen molar-refractivity contribution in [2.75, 3.05) is 11.1 Å². The normalized spacial score (nSPS) is 13.6. The third kappa shape index (κ3) is 3.97. The van der Waals surface area contributed by atoms with Crippen molar-refractivity contribution in [1.29, 1.82) is 0 Å². The minimum absolute atomic E-state index is 0.0891. The van der Waals surface area contributed by atoms with Gasteiger partial charge in [0.2, 0.25) is 0 Å². The zero-order valence-corrected chi connectivity index (χ0v) is 16.8. The Kier molecular flexibility index (Phi) is 5.76. The van der Waals surface area contributed by atoms with Gasteiger partial charge >= 0.3 is 0 Å². The van der Waals surface area contributed by atoms with Gasteiger partial charge < -0.3 is 9.88 Å². The molecule has 0 saturated heterocycles. The zero-order valence-electron chi connectivity index (χ0n) is 16.0. The van der Waals surface area contributed by atoms with Gasteiger partial charge in [0.15, 0.2) is 5.82 Å². The first-order valence-electron chi connectivity index (χ1n) is 9.82. The third-order valence-corrected chi connectivity index (χ3v) is 5.88. The second-order valence-corrected chi connectivity index (χ2v) is 8.17. The topological polar surface area (TPSA) is 59.8 Å². The lowest BCUT2D eigenvalue weighted by Gasteiger charge is -2.11. The van der Waals surface area contributed by atoms with E-state index in [9.17, 15) is 4.79 Å². The summed E-state index contributed by atoms with van der Waals surface area (Å²) in [5.74, 6) is 2.79. The molecule has 0 radical (unpaired) electrons. The van der Waals surface area contributed by atoms with Crippen LogP contribution >= 0.6 is 11.8 Å². The maximum Gasteiger partial charge on any atom is 0.256 e. The highest BCUT2D eigenvalue weighted by atomic mass is 32.2. The van der Waals surface area contributed by atoms with E-state index >= 15 is 0 Å². The predicted molar refractivity (Wildman–Crippen MR) is 114 cm³/mol. The van der Waals surface area contributed by atoms with Crippen LogP contribution in [0.2, 0.25) is 0 Å². The first-order valence-corrected chi connectivity index (χ1v) is 10.8. The SMILES string of the molecule is CCSc1ccccc1C(=O)Nc1cccc(-c2nnc3n2CCCCC3)c1. The van der Waals surface area contributed by atoms with Gasteiger partial charge in [0.1, 0.15) is 5.82 Å². The molecule has 0 atom stereocenters. The lowest BCUT2D eigenvalue weighted by molar-refractivity contribution is 0.102. The Hall–Kier alpha value is -2.60. The average Bonchev–Trinajstić information content (AvgIpc) is 2.97. The molecule has 28 heavy (non-hydrogen) atoms. The van der Waals surface area contributed by atoms with Gasteiger partial charge in [0, 0.05) is 29.1 Å². The number of rotatable bonds is 5. The van der Waals surface area contributed by atoms with E-state index in [-0.39, 0.29) is 5.91 Å². The van der Waals surface area contributed by atoms with Crippen molar-refractivity contribution in [3.63, 3.8) is 0 Å². The molecule has 1 aliphatic rings. The minimum Gasteiger partial charge on any atom is -0.322 e. The van der Waals surface area contributed by atoms with Crippen molar-refractivity contribution >= 4 is 23.4 Å². The quantitative estimate of drug-likeness (QED) is 0.618. The van der Waals surface area contributed by atoms with E-state index in [0.29, 0.717) is 5.56 Å². The Balaban J connectivity index is 1.59. The molecular weight excluding hydrogens is 368 g/mol. The summed E-state index contributed by atoms with van der Waals surface area (Å²) >= 11 is 1.68. The minimum atomic E-state index is -0.0891. The lowest BCUT2D eigenvalue weighted by Crippen LogP contribution is -2.13. The first-order chi connectivity index (χ1) is 13.8. The van der Waals surface area contributed by atoms with Gasteiger partial charge in [-0.05, 0) is 42.9 Å². The number of carbonyl (C=O) groups excluding carboxylic acids is 1. The molecule has 1 aliphatic heterocycles. The van der Waals surface area contributed by atoms with E-state index < -0.39 is 0 Å². The Bertz CT molecular complexity index is 982. The van der Waals surface area contributed by atoms with Crippen molar-refractivity contribution in [1.82, 2.24) is 14.8 Å². The molecule has 2 aromatic carbocycles. The van der Waals surface area contributed by atoms with E-state index in [0.717, 1.165) is 52.9 Å². The molecule has 1 aromatic heterocycles. The van der Waals surface area contributed by atoms with Crippen LogP contribution in [0.1, 0.15) is 42.4 Å². The van der Waals surface area contributed by atoms with Gasteiger partial charge in [0.25, 0.3) is 5.91 Å². The van der Waals surface area contributed by atoms with Crippen LogP contribution in [0.25, 0.3) is 11.4 Å². The van der Waals surface area contributed by atoms with Gasteiger partial charge in [-0.15, -0.1) is 22.0 Å². The fraction of sp³-hybridized carbons (Fsp3) is 0.318. The number of amides is 1. The number of hydrogen-bond acceptors (Lipinski definition) is 4. The van der Waals surface area contributed by atoms with Gasteiger partial charge in [-0.25, -0.2) is 0 Å². The number of aromatic nitrogens is 3. The van der Waals surface area contributed by atoms with E-state index in [2.05, 4.69) is 27.0 Å². The summed E-state index contributed by atoms with van der Waals surface area (Å²) in [5, 5.41) is 11.9. The Morgan fingerprint density at radius 3 is 2.89 bits per heavy atom. The standard InChI is InChI=1S/C22H24N4OS/c1-2-28-19-12-6-5-11-18(19)22(27)23-17-10-8-9-16(15-17)21-25-24-20-13-4-3-7-14-26(20)21/h5-6,8-12,15H,2-4,7,13-14H2,1H3,(H,23,27). The number of aryl methyl sites for hydroxylation is 1. The number of nitrogens with zero attached hydrogens (tertiary/aromatic N) is 3. The molecule has 0 unspecified atom stereocenters. The number of nitrogens with one attached hydrogen (secondary N) is 1. The monoisotopic (exact) mass is 392 g/mol. The molecule has 6 heteroatoms. The van der Waals surface area contributed by atoms with Crippen molar-refractivity contribution in [3.8, 4) is 11.4 Å². The van der Waals surface area contributed by atoms with Crippen LogP contribution in [0.15, 0.2) is 53.4 Å². The summed E-state index contributed by atoms with van der Waals surface area (Å²) in [6.45, 7) is 3.04. The van der Waals surface area contributed by atoms with Crippen LogP contribution in [0.3, 0.4) is 0 Å². The van der Waals surface area contributed by atoms with Crippen LogP contribution in [0, 0.1) is 0 Å². The van der Waals surface area contributed by atoms with E-state index in [1.54, 1.807) is 11.8 Å². The number of fused-ring (bicyclic) bond motifs is 1. The van der Waals surface area contributed by atoms with Crippen LogP contribution in [-0.4, -0.2) is 26.4 Å². The van der Waals surface area contributed by atoms with Crippen molar-refractivity contribution in [3.05, 3.63) is 59.9 Å². The zero-order chi connectivity index (χ0) is 19.3. The summed E-state index contributed by atoms with van der Waals surface area (Å²) < 4.78 is 2.22. The van der Waals surface area contributed by atoms with E-state index in [1.807, 2.05) is 48.5 Å². The molecule has 1 N–H and O–H groups in total. The largest absolute Gasteiger partial charge is 0.322 e. The second kappa shape index (κ2) is 8.61. The molecule has 144 valence electrons. The first kappa shape index (κ1) is 18.7. The molecule has 5 nitrogen and oxygen atoms in total. The molecule has 0 bridgehead atoms. The number of hydrogen-bond donors (Lipinski definition) is 1. The molecule has 0 spiro atoms. The van der Waals surface area contributed by atoms with Crippen LogP contribution < -0.4 is 5.32 Å². The van der Waals surface area contributed by atoms with Crippen molar-refractivity contribution < 1.29 is 4.79 Å². The Morgan fingerprint density at radius 2 is 2.00 bits per heavy atom. The fourth-order valence-electron chi connectivity index (χ4n) is 3.57. The van der Waals surface area contributed by atoms with Gasteiger partial charge in [-0.2, -0.15) is 0 Å². The highest BCUT2D eigenvalue weighted by Crippen LogP contribution is 2.26. The molecule has 1 amide bonds. The summed E-state index contributed by atoms with van der Waals surface area (Å²) in [6.07, 6.45) is 4.53. The molecular formula is C22H24N4OS. The van der Waals surface area contributed by atoms with E-state index in [1.165, 1.54) is 12.8 Å². The maximum atomic E-state index is 12.8. The van der Waals surface area contributed by atoms with Gasteiger partial charge in [0.05, 0.1) is 5.56 Å². The molecule has 0 saturated carbocycles.